The molecule has 0 aliphatic heterocycles. The van der Waals surface area contributed by atoms with Crippen LogP contribution in [0.25, 0.3) is 5.82 Å². The van der Waals surface area contributed by atoms with Crippen LogP contribution in [0.2, 0.25) is 5.02 Å². The van der Waals surface area contributed by atoms with Crippen LogP contribution in [0.3, 0.4) is 0 Å². The van der Waals surface area contributed by atoms with Crippen LogP contribution in [-0.2, 0) is 6.42 Å². The molecule has 2 heterocycles. The molecule has 0 saturated heterocycles. The summed E-state index contributed by atoms with van der Waals surface area (Å²) in [5, 5.41) is 7.84. The molecule has 1 amide bonds. The molecule has 0 fully saturated rings. The molecule has 1 unspecified atom stereocenters. The van der Waals surface area contributed by atoms with Gasteiger partial charge in [0.1, 0.15) is 5.69 Å². The number of carbonyl (C=O) groups excluding carboxylic acids is 1. The van der Waals surface area contributed by atoms with Crippen molar-refractivity contribution >= 4 is 35.6 Å². The predicted molar refractivity (Wildman–Crippen MR) is 117 cm³/mol. The van der Waals surface area contributed by atoms with Gasteiger partial charge in [0.05, 0.1) is 16.8 Å². The third-order valence-corrected chi connectivity index (χ3v) is 5.36. The number of carbonyl (C=O) groups is 1. The fraction of sp³-hybridized carbons (Fsp3) is 0.286. The molecule has 0 radical (unpaired) electrons. The predicted octanol–water partition coefficient (Wildman–Crippen LogP) is 4.35. The van der Waals surface area contributed by atoms with E-state index in [0.29, 0.717) is 10.8 Å². The number of aryl methyl sites for hydroxylation is 3. The maximum Gasteiger partial charge on any atom is 0.272 e. The van der Waals surface area contributed by atoms with Gasteiger partial charge in [0.15, 0.2) is 5.82 Å². The van der Waals surface area contributed by atoms with Gasteiger partial charge in [-0.2, -0.15) is 5.10 Å². The molecule has 8 heteroatoms. The lowest BCUT2D eigenvalue weighted by Gasteiger charge is -2.26. The Morgan fingerprint density at radius 1 is 1.24 bits per heavy atom. The summed E-state index contributed by atoms with van der Waals surface area (Å²) in [6.07, 6.45) is 2.84. The lowest BCUT2D eigenvalue weighted by molar-refractivity contribution is 0.0928. The first kappa shape index (κ1) is 21.1. The minimum absolute atomic E-state index is 0. The average molecular weight is 432 g/mol. The highest BCUT2D eigenvalue weighted by atomic mass is 35.5. The molecule has 1 aromatic carbocycles. The van der Waals surface area contributed by atoms with E-state index in [-0.39, 0.29) is 30.0 Å². The standard InChI is InChI=1S/C21H22ClN5O.ClH/c1-12-10-13(2)27(26-12)19-9-8-17(22)20(25-19)21(28)24-18-5-3-4-14-11-15(23)6-7-16(14)18;/h6-11,18H,3-5,23H2,1-2H3,(H,24,28);1H. The van der Waals surface area contributed by atoms with Crippen LogP contribution in [-0.4, -0.2) is 20.7 Å². The Kier molecular flexibility index (Phi) is 6.15. The van der Waals surface area contributed by atoms with Crippen LogP contribution in [0, 0.1) is 13.8 Å². The highest BCUT2D eigenvalue weighted by molar-refractivity contribution is 6.33. The molecule has 0 spiro atoms. The smallest absolute Gasteiger partial charge is 0.272 e. The van der Waals surface area contributed by atoms with Crippen molar-refractivity contribution in [3.8, 4) is 5.82 Å². The van der Waals surface area contributed by atoms with E-state index < -0.39 is 0 Å². The normalized spacial score (nSPS) is 15.3. The van der Waals surface area contributed by atoms with E-state index in [0.717, 1.165) is 41.9 Å². The molecule has 3 aromatic rings. The summed E-state index contributed by atoms with van der Waals surface area (Å²) < 4.78 is 1.71. The second kappa shape index (κ2) is 8.43. The van der Waals surface area contributed by atoms with E-state index in [1.807, 2.05) is 38.1 Å². The van der Waals surface area contributed by atoms with Gasteiger partial charge in [0.25, 0.3) is 5.91 Å². The summed E-state index contributed by atoms with van der Waals surface area (Å²) in [6.45, 7) is 3.86. The van der Waals surface area contributed by atoms with Gasteiger partial charge in [-0.3, -0.25) is 4.79 Å². The van der Waals surface area contributed by atoms with Crippen LogP contribution >= 0.6 is 24.0 Å². The molecule has 1 aliphatic rings. The molecular weight excluding hydrogens is 409 g/mol. The van der Waals surface area contributed by atoms with Crippen LogP contribution in [0.4, 0.5) is 5.69 Å². The molecule has 3 N–H and O–H groups in total. The van der Waals surface area contributed by atoms with Crippen LogP contribution < -0.4 is 11.1 Å². The van der Waals surface area contributed by atoms with Crippen molar-refractivity contribution in [3.05, 3.63) is 69.6 Å². The number of amides is 1. The second-order valence-electron chi connectivity index (χ2n) is 7.22. The van der Waals surface area contributed by atoms with Gasteiger partial charge in [-0.05, 0) is 74.6 Å². The van der Waals surface area contributed by atoms with E-state index in [1.54, 1.807) is 16.8 Å². The van der Waals surface area contributed by atoms with Crippen LogP contribution in [0.1, 0.15) is 51.9 Å². The number of anilines is 1. The first-order valence-corrected chi connectivity index (χ1v) is 9.69. The minimum atomic E-state index is -0.289. The number of fused-ring (bicyclic) bond motifs is 1. The quantitative estimate of drug-likeness (QED) is 0.603. The molecule has 29 heavy (non-hydrogen) atoms. The van der Waals surface area contributed by atoms with Gasteiger partial charge in [0, 0.05) is 11.4 Å². The van der Waals surface area contributed by atoms with Crippen LogP contribution in [0.15, 0.2) is 36.4 Å². The van der Waals surface area contributed by atoms with Crippen molar-refractivity contribution in [2.24, 2.45) is 0 Å². The number of benzene rings is 1. The Morgan fingerprint density at radius 2 is 2.03 bits per heavy atom. The number of rotatable bonds is 3. The number of nitrogens with two attached hydrogens (primary N) is 1. The van der Waals surface area contributed by atoms with Gasteiger partial charge >= 0.3 is 0 Å². The van der Waals surface area contributed by atoms with Gasteiger partial charge in [-0.15, -0.1) is 12.4 Å². The molecule has 0 bridgehead atoms. The van der Waals surface area contributed by atoms with E-state index in [2.05, 4.69) is 15.4 Å². The highest BCUT2D eigenvalue weighted by Crippen LogP contribution is 2.31. The fourth-order valence-corrected chi connectivity index (χ4v) is 3.97. The maximum atomic E-state index is 13.0. The van der Waals surface area contributed by atoms with E-state index in [4.69, 9.17) is 17.3 Å². The van der Waals surface area contributed by atoms with Gasteiger partial charge in [0.2, 0.25) is 0 Å². The number of nitrogens with one attached hydrogen (secondary N) is 1. The monoisotopic (exact) mass is 431 g/mol. The Morgan fingerprint density at radius 3 is 2.76 bits per heavy atom. The Labute approximate surface area is 180 Å². The average Bonchev–Trinajstić information content (AvgIpc) is 3.00. The molecule has 152 valence electrons. The molecule has 1 aliphatic carbocycles. The lowest BCUT2D eigenvalue weighted by atomic mass is 9.87. The summed E-state index contributed by atoms with van der Waals surface area (Å²) in [5.74, 6) is 0.278. The molecule has 2 aromatic heterocycles. The molecule has 4 rings (SSSR count). The summed E-state index contributed by atoms with van der Waals surface area (Å²) in [7, 11) is 0. The van der Waals surface area contributed by atoms with Gasteiger partial charge in [-0.25, -0.2) is 9.67 Å². The number of hydrogen-bond acceptors (Lipinski definition) is 4. The van der Waals surface area contributed by atoms with Crippen molar-refractivity contribution in [1.29, 1.82) is 0 Å². The van der Waals surface area contributed by atoms with Crippen molar-refractivity contribution in [2.75, 3.05) is 5.73 Å². The number of nitrogens with zero attached hydrogens (tertiary/aromatic N) is 3. The third-order valence-electron chi connectivity index (χ3n) is 5.06. The zero-order chi connectivity index (χ0) is 19.8. The van der Waals surface area contributed by atoms with Crippen molar-refractivity contribution in [2.45, 2.75) is 39.2 Å². The minimum Gasteiger partial charge on any atom is -0.399 e. The largest absolute Gasteiger partial charge is 0.399 e. The van der Waals surface area contributed by atoms with Crippen molar-refractivity contribution in [3.63, 3.8) is 0 Å². The highest BCUT2D eigenvalue weighted by Gasteiger charge is 2.24. The Hall–Kier alpha value is -2.57. The van der Waals surface area contributed by atoms with Crippen LogP contribution in [0.5, 0.6) is 0 Å². The van der Waals surface area contributed by atoms with E-state index in [9.17, 15) is 4.79 Å². The number of pyridine rings is 1. The van der Waals surface area contributed by atoms with Gasteiger partial charge in [-0.1, -0.05) is 17.7 Å². The summed E-state index contributed by atoms with van der Waals surface area (Å²) >= 11 is 6.29. The molecular formula is C21H23Cl2N5O. The summed E-state index contributed by atoms with van der Waals surface area (Å²) in [4.78, 5) is 17.5. The topological polar surface area (TPSA) is 85.8 Å². The number of halogens is 2. The summed E-state index contributed by atoms with van der Waals surface area (Å²) in [6, 6.07) is 11.2. The number of aromatic nitrogens is 3. The maximum absolute atomic E-state index is 13.0. The lowest BCUT2D eigenvalue weighted by Crippen LogP contribution is -2.32. The molecule has 1 atom stereocenters. The number of nitrogen functional groups attached to an aromatic ring is 1. The first-order valence-electron chi connectivity index (χ1n) is 9.32. The second-order valence-corrected chi connectivity index (χ2v) is 7.62. The zero-order valence-corrected chi connectivity index (χ0v) is 17.8. The Bertz CT molecular complexity index is 1060. The van der Waals surface area contributed by atoms with Gasteiger partial charge < -0.3 is 11.1 Å². The molecule has 6 nitrogen and oxygen atoms in total. The third kappa shape index (κ3) is 4.23. The van der Waals surface area contributed by atoms with E-state index >= 15 is 0 Å². The van der Waals surface area contributed by atoms with E-state index in [1.165, 1.54) is 5.56 Å². The SMILES string of the molecule is Cc1cc(C)n(-c2ccc(Cl)c(C(=O)NC3CCCc4cc(N)ccc43)n2)n1.Cl. The van der Waals surface area contributed by atoms with Crippen molar-refractivity contribution < 1.29 is 4.79 Å². The zero-order valence-electron chi connectivity index (χ0n) is 16.3. The fourth-order valence-electron chi connectivity index (χ4n) is 3.78. The van der Waals surface area contributed by atoms with Crippen molar-refractivity contribution in [1.82, 2.24) is 20.1 Å². The Balaban J connectivity index is 0.00000240. The molecule has 0 saturated carbocycles. The first-order chi connectivity index (χ1) is 13.4. The summed E-state index contributed by atoms with van der Waals surface area (Å²) in [5.41, 5.74) is 11.0. The number of hydrogen-bond donors (Lipinski definition) is 2.